The molecule has 4 heteroatoms. The van der Waals surface area contributed by atoms with Crippen LogP contribution in [0.1, 0.15) is 11.1 Å². The molecule has 0 bridgehead atoms. The molecule has 19 heavy (non-hydrogen) atoms. The first kappa shape index (κ1) is 12.9. The Bertz CT molecular complexity index is 618. The van der Waals surface area contributed by atoms with Crippen LogP contribution in [0, 0.1) is 11.3 Å². The fourth-order valence-corrected chi connectivity index (χ4v) is 1.74. The number of nitrogen functional groups attached to an aromatic ring is 1. The number of nitrogens with two attached hydrogens (primary N) is 1. The fraction of sp³-hybridized carbons (Fsp3) is 0.133. The normalized spacial score (nSPS) is 9.89. The average Bonchev–Trinajstić information content (AvgIpc) is 2.43. The lowest BCUT2D eigenvalue weighted by molar-refractivity contribution is 0.276. The van der Waals surface area contributed by atoms with E-state index in [9.17, 15) is 5.11 Å². The zero-order valence-electron chi connectivity index (χ0n) is 10.3. The van der Waals surface area contributed by atoms with Crippen LogP contribution in [-0.2, 0) is 13.0 Å². The molecule has 2 rings (SSSR count). The van der Waals surface area contributed by atoms with Crippen molar-refractivity contribution in [3.05, 3.63) is 53.6 Å². The third-order valence-electron chi connectivity index (χ3n) is 2.75. The van der Waals surface area contributed by atoms with Crippen LogP contribution in [0.5, 0.6) is 11.5 Å². The van der Waals surface area contributed by atoms with Gasteiger partial charge in [0.1, 0.15) is 11.5 Å². The van der Waals surface area contributed by atoms with Crippen molar-refractivity contribution in [2.24, 2.45) is 0 Å². The van der Waals surface area contributed by atoms with Crippen LogP contribution < -0.4 is 10.5 Å². The molecule has 0 aromatic heterocycles. The lowest BCUT2D eigenvalue weighted by Gasteiger charge is -2.11. The van der Waals surface area contributed by atoms with Crippen molar-refractivity contribution >= 4 is 5.69 Å². The van der Waals surface area contributed by atoms with Gasteiger partial charge in [-0.1, -0.05) is 18.2 Å². The molecular formula is C15H14N2O2. The summed E-state index contributed by atoms with van der Waals surface area (Å²) in [7, 11) is 0. The van der Waals surface area contributed by atoms with E-state index in [0.717, 1.165) is 5.56 Å². The summed E-state index contributed by atoms with van der Waals surface area (Å²) in [5.41, 5.74) is 7.80. The van der Waals surface area contributed by atoms with Crippen LogP contribution in [0.25, 0.3) is 0 Å². The fourth-order valence-electron chi connectivity index (χ4n) is 1.74. The minimum atomic E-state index is -0.0871. The number of nitriles is 1. The minimum absolute atomic E-state index is 0.0871. The maximum atomic E-state index is 9.24. The Kier molecular flexibility index (Phi) is 4.01. The maximum absolute atomic E-state index is 9.24. The van der Waals surface area contributed by atoms with E-state index in [1.165, 1.54) is 0 Å². The molecule has 96 valence electrons. The number of anilines is 1. The van der Waals surface area contributed by atoms with Crippen LogP contribution >= 0.6 is 0 Å². The number of hydrogen-bond acceptors (Lipinski definition) is 4. The van der Waals surface area contributed by atoms with E-state index >= 15 is 0 Å². The molecular weight excluding hydrogens is 240 g/mol. The second kappa shape index (κ2) is 5.89. The molecule has 0 amide bonds. The van der Waals surface area contributed by atoms with Gasteiger partial charge in [0.15, 0.2) is 0 Å². The molecule has 0 aliphatic rings. The van der Waals surface area contributed by atoms with Crippen molar-refractivity contribution in [1.29, 1.82) is 5.26 Å². The highest BCUT2D eigenvalue weighted by atomic mass is 16.5. The summed E-state index contributed by atoms with van der Waals surface area (Å²) in [6, 6.07) is 14.5. The topological polar surface area (TPSA) is 79.3 Å². The molecule has 0 aliphatic heterocycles. The van der Waals surface area contributed by atoms with Crippen LogP contribution in [0.2, 0.25) is 0 Å². The molecule has 2 aromatic rings. The lowest BCUT2D eigenvalue weighted by Crippen LogP contribution is -1.96. The van der Waals surface area contributed by atoms with E-state index in [1.54, 1.807) is 30.3 Å². The van der Waals surface area contributed by atoms with Gasteiger partial charge < -0.3 is 15.6 Å². The molecule has 0 spiro atoms. The van der Waals surface area contributed by atoms with E-state index < -0.39 is 0 Å². The van der Waals surface area contributed by atoms with Crippen molar-refractivity contribution in [2.45, 2.75) is 13.0 Å². The second-order valence-electron chi connectivity index (χ2n) is 4.06. The zero-order chi connectivity index (χ0) is 13.7. The van der Waals surface area contributed by atoms with Crippen molar-refractivity contribution in [1.82, 2.24) is 0 Å². The van der Waals surface area contributed by atoms with Gasteiger partial charge in [-0.05, 0) is 29.8 Å². The Balaban J connectivity index is 2.28. The van der Waals surface area contributed by atoms with E-state index in [0.29, 0.717) is 22.7 Å². The molecule has 3 N–H and O–H groups in total. The number of nitrogens with zero attached hydrogens (tertiary/aromatic N) is 1. The minimum Gasteiger partial charge on any atom is -0.457 e. The highest BCUT2D eigenvalue weighted by Gasteiger charge is 2.06. The smallest absolute Gasteiger partial charge is 0.132 e. The third kappa shape index (κ3) is 3.03. The van der Waals surface area contributed by atoms with E-state index in [1.807, 2.05) is 12.1 Å². The molecule has 0 radical (unpaired) electrons. The molecule has 0 saturated carbocycles. The first-order valence-corrected chi connectivity index (χ1v) is 5.86. The monoisotopic (exact) mass is 254 g/mol. The number of benzene rings is 2. The SMILES string of the molecule is N#CCc1cc(Oc2ccccc2CO)ccc1N. The van der Waals surface area contributed by atoms with Crippen LogP contribution in [0.4, 0.5) is 5.69 Å². The molecule has 0 atom stereocenters. The molecule has 0 unspecified atom stereocenters. The predicted octanol–water partition coefficient (Wildman–Crippen LogP) is 2.62. The zero-order valence-corrected chi connectivity index (χ0v) is 10.3. The predicted molar refractivity (Wildman–Crippen MR) is 72.6 cm³/mol. The van der Waals surface area contributed by atoms with Gasteiger partial charge in [0, 0.05) is 11.3 Å². The summed E-state index contributed by atoms with van der Waals surface area (Å²) in [6.07, 6.45) is 0.241. The Morgan fingerprint density at radius 1 is 1.16 bits per heavy atom. The van der Waals surface area contributed by atoms with Crippen LogP contribution in [0.3, 0.4) is 0 Å². The van der Waals surface area contributed by atoms with Crippen molar-refractivity contribution < 1.29 is 9.84 Å². The first-order valence-electron chi connectivity index (χ1n) is 5.86. The number of rotatable bonds is 4. The van der Waals surface area contributed by atoms with Gasteiger partial charge in [0.05, 0.1) is 19.1 Å². The summed E-state index contributed by atoms with van der Waals surface area (Å²) < 4.78 is 5.72. The number of aliphatic hydroxyl groups excluding tert-OH is 1. The Morgan fingerprint density at radius 2 is 1.95 bits per heavy atom. The van der Waals surface area contributed by atoms with Crippen LogP contribution in [0.15, 0.2) is 42.5 Å². The summed E-state index contributed by atoms with van der Waals surface area (Å²) >= 11 is 0. The third-order valence-corrected chi connectivity index (χ3v) is 2.75. The van der Waals surface area contributed by atoms with Gasteiger partial charge in [-0.3, -0.25) is 0 Å². The summed E-state index contributed by atoms with van der Waals surface area (Å²) in [5.74, 6) is 1.19. The van der Waals surface area contributed by atoms with Gasteiger partial charge in [0.2, 0.25) is 0 Å². The molecule has 0 aliphatic carbocycles. The van der Waals surface area contributed by atoms with Gasteiger partial charge in [0.25, 0.3) is 0 Å². The van der Waals surface area contributed by atoms with Crippen molar-refractivity contribution in [3.8, 4) is 17.6 Å². The summed E-state index contributed by atoms with van der Waals surface area (Å²) in [5, 5.41) is 18.0. The molecule has 4 nitrogen and oxygen atoms in total. The van der Waals surface area contributed by atoms with E-state index in [4.69, 9.17) is 15.7 Å². The second-order valence-corrected chi connectivity index (χ2v) is 4.06. The van der Waals surface area contributed by atoms with Gasteiger partial charge in [-0.2, -0.15) is 5.26 Å². The average molecular weight is 254 g/mol. The molecule has 0 heterocycles. The van der Waals surface area contributed by atoms with Crippen LogP contribution in [-0.4, -0.2) is 5.11 Å². The van der Waals surface area contributed by atoms with Gasteiger partial charge >= 0.3 is 0 Å². The number of ether oxygens (including phenoxy) is 1. The van der Waals surface area contributed by atoms with E-state index in [-0.39, 0.29) is 13.0 Å². The Labute approximate surface area is 111 Å². The largest absolute Gasteiger partial charge is 0.457 e. The van der Waals surface area contributed by atoms with Gasteiger partial charge in [-0.15, -0.1) is 0 Å². The standard InChI is InChI=1S/C15H14N2O2/c16-8-7-11-9-13(5-6-14(11)17)19-15-4-2-1-3-12(15)10-18/h1-6,9,18H,7,10,17H2. The van der Waals surface area contributed by atoms with Crippen molar-refractivity contribution in [2.75, 3.05) is 5.73 Å². The Morgan fingerprint density at radius 3 is 2.68 bits per heavy atom. The molecule has 0 saturated heterocycles. The molecule has 2 aromatic carbocycles. The summed E-state index contributed by atoms with van der Waals surface area (Å²) in [4.78, 5) is 0. The summed E-state index contributed by atoms with van der Waals surface area (Å²) in [6.45, 7) is -0.0871. The maximum Gasteiger partial charge on any atom is 0.132 e. The van der Waals surface area contributed by atoms with Gasteiger partial charge in [-0.25, -0.2) is 0 Å². The number of hydrogen-bond donors (Lipinski definition) is 2. The first-order chi connectivity index (χ1) is 9.24. The highest BCUT2D eigenvalue weighted by molar-refractivity contribution is 5.52. The number of aliphatic hydroxyl groups is 1. The number of para-hydroxylation sites is 1. The lowest BCUT2D eigenvalue weighted by atomic mass is 10.1. The van der Waals surface area contributed by atoms with E-state index in [2.05, 4.69) is 6.07 Å². The van der Waals surface area contributed by atoms with Crippen molar-refractivity contribution in [3.63, 3.8) is 0 Å². The molecule has 0 fully saturated rings. The highest BCUT2D eigenvalue weighted by Crippen LogP contribution is 2.27. The quantitative estimate of drug-likeness (QED) is 0.822. The Hall–Kier alpha value is -2.51.